The Morgan fingerprint density at radius 1 is 0.732 bits per heavy atom. The summed E-state index contributed by atoms with van der Waals surface area (Å²) in [5.41, 5.74) is 1.75. The molecule has 1 saturated carbocycles. The standard InChI is InChI=1S/C44H55N3O9/c1-44(2,3)56-43(52)46-37(28-31-21-23-34(24-22-31)53-29-32-14-7-4-8-15-32)41(50)47-27-13-20-38(47)40(49)45-36(42(51)54-30-33-16-9-5-10-17-33)25-26-39(48)55-35-18-11-6-12-19-35/h4-5,7-10,14-17,21-24,35-38H,6,11-13,18-20,25-30H2,1-3H3,(H,45,49)(H,46,52)/t36-,37-,38-/m0/s1. The van der Waals surface area contributed by atoms with Crippen molar-refractivity contribution in [2.45, 2.75) is 128 Å². The predicted octanol–water partition coefficient (Wildman–Crippen LogP) is 6.58. The first-order chi connectivity index (χ1) is 26.9. The number of esters is 2. The lowest BCUT2D eigenvalue weighted by Crippen LogP contribution is -2.56. The summed E-state index contributed by atoms with van der Waals surface area (Å²) in [5, 5.41) is 5.52. The highest BCUT2D eigenvalue weighted by Crippen LogP contribution is 2.23. The zero-order valence-corrected chi connectivity index (χ0v) is 32.7. The van der Waals surface area contributed by atoms with Crippen LogP contribution in [0.15, 0.2) is 84.9 Å². The lowest BCUT2D eigenvalue weighted by atomic mass is 9.98. The van der Waals surface area contributed by atoms with E-state index in [0.29, 0.717) is 25.2 Å². The fraction of sp³-hybridized carbons (Fsp3) is 0.477. The maximum atomic E-state index is 14.3. The predicted molar refractivity (Wildman–Crippen MR) is 209 cm³/mol. The summed E-state index contributed by atoms with van der Waals surface area (Å²) in [4.78, 5) is 68.9. The molecular formula is C44H55N3O9. The van der Waals surface area contributed by atoms with Crippen LogP contribution in [-0.2, 0) is 53.0 Å². The van der Waals surface area contributed by atoms with Crippen LogP contribution < -0.4 is 15.4 Å². The minimum absolute atomic E-state index is 0.00918. The molecule has 300 valence electrons. The molecule has 0 aromatic heterocycles. The Labute approximate surface area is 329 Å². The Bertz CT molecular complexity index is 1740. The summed E-state index contributed by atoms with van der Waals surface area (Å²) >= 11 is 0. The average Bonchev–Trinajstić information content (AvgIpc) is 3.69. The first-order valence-electron chi connectivity index (χ1n) is 19.7. The van der Waals surface area contributed by atoms with E-state index in [0.717, 1.165) is 48.8 Å². The van der Waals surface area contributed by atoms with Crippen LogP contribution in [0.2, 0.25) is 0 Å². The highest BCUT2D eigenvalue weighted by atomic mass is 16.6. The molecule has 1 aliphatic carbocycles. The molecule has 5 rings (SSSR count). The number of hydrogen-bond acceptors (Lipinski definition) is 9. The van der Waals surface area contributed by atoms with E-state index in [1.807, 2.05) is 72.8 Å². The number of carbonyl (C=O) groups excluding carboxylic acids is 5. The van der Waals surface area contributed by atoms with E-state index in [2.05, 4.69) is 10.6 Å². The first-order valence-corrected chi connectivity index (χ1v) is 19.7. The zero-order chi connectivity index (χ0) is 39.9. The second-order valence-electron chi connectivity index (χ2n) is 15.5. The highest BCUT2D eigenvalue weighted by molar-refractivity contribution is 5.93. The monoisotopic (exact) mass is 769 g/mol. The molecule has 3 amide bonds. The molecule has 12 nitrogen and oxygen atoms in total. The SMILES string of the molecule is CC(C)(C)OC(=O)N[C@@H](Cc1ccc(OCc2ccccc2)cc1)C(=O)N1CCC[C@H]1C(=O)N[C@@H](CCC(=O)OC1CCCCC1)C(=O)OCc1ccccc1. The molecule has 0 spiro atoms. The van der Waals surface area contributed by atoms with Gasteiger partial charge in [0.15, 0.2) is 0 Å². The number of likely N-dealkylation sites (tertiary alicyclic amines) is 1. The first kappa shape index (κ1) is 41.8. The summed E-state index contributed by atoms with van der Waals surface area (Å²) in [5.74, 6) is -1.48. The van der Waals surface area contributed by atoms with Crippen molar-refractivity contribution in [2.75, 3.05) is 6.54 Å². The third kappa shape index (κ3) is 13.4. The van der Waals surface area contributed by atoms with E-state index in [1.165, 1.54) is 4.90 Å². The smallest absolute Gasteiger partial charge is 0.408 e. The fourth-order valence-corrected chi connectivity index (χ4v) is 6.89. The Balaban J connectivity index is 1.26. The maximum absolute atomic E-state index is 14.3. The molecule has 2 N–H and O–H groups in total. The largest absolute Gasteiger partial charge is 0.489 e. The van der Waals surface area contributed by atoms with Crippen molar-refractivity contribution in [1.29, 1.82) is 0 Å². The van der Waals surface area contributed by atoms with Crippen molar-refractivity contribution in [1.82, 2.24) is 15.5 Å². The van der Waals surface area contributed by atoms with Gasteiger partial charge in [-0.2, -0.15) is 0 Å². The molecule has 2 fully saturated rings. The number of rotatable bonds is 16. The number of nitrogens with zero attached hydrogens (tertiary/aromatic N) is 1. The minimum atomic E-state index is -1.15. The summed E-state index contributed by atoms with van der Waals surface area (Å²) < 4.78 is 22.7. The van der Waals surface area contributed by atoms with Crippen LogP contribution in [0.1, 0.15) is 95.2 Å². The molecule has 3 atom stereocenters. The third-order valence-corrected chi connectivity index (χ3v) is 9.75. The zero-order valence-electron chi connectivity index (χ0n) is 32.7. The van der Waals surface area contributed by atoms with Gasteiger partial charge in [0, 0.05) is 19.4 Å². The molecule has 0 unspecified atom stereocenters. The lowest BCUT2D eigenvalue weighted by molar-refractivity contribution is -0.153. The summed E-state index contributed by atoms with van der Waals surface area (Å²) in [6.45, 7) is 5.85. The van der Waals surface area contributed by atoms with Gasteiger partial charge >= 0.3 is 18.0 Å². The van der Waals surface area contributed by atoms with Crippen molar-refractivity contribution in [2.24, 2.45) is 0 Å². The van der Waals surface area contributed by atoms with Crippen LogP contribution in [0.3, 0.4) is 0 Å². The maximum Gasteiger partial charge on any atom is 0.408 e. The fourth-order valence-electron chi connectivity index (χ4n) is 6.89. The quantitative estimate of drug-likeness (QED) is 0.122. The summed E-state index contributed by atoms with van der Waals surface area (Å²) in [7, 11) is 0. The number of alkyl carbamates (subject to hydrolysis) is 1. The second kappa shape index (κ2) is 20.5. The van der Waals surface area contributed by atoms with Gasteiger partial charge in [-0.05, 0) is 94.5 Å². The van der Waals surface area contributed by atoms with Gasteiger partial charge in [0.1, 0.15) is 48.8 Å². The number of nitrogens with one attached hydrogen (secondary N) is 2. The second-order valence-corrected chi connectivity index (χ2v) is 15.5. The Morgan fingerprint density at radius 3 is 2.02 bits per heavy atom. The van der Waals surface area contributed by atoms with Crippen LogP contribution in [-0.4, -0.2) is 71.1 Å². The van der Waals surface area contributed by atoms with Gasteiger partial charge in [-0.15, -0.1) is 0 Å². The molecule has 56 heavy (non-hydrogen) atoms. The molecule has 3 aromatic carbocycles. The Hall–Kier alpha value is -5.39. The van der Waals surface area contributed by atoms with Gasteiger partial charge in [0.05, 0.1) is 0 Å². The molecule has 0 bridgehead atoms. The normalized spacial score (nSPS) is 16.9. The van der Waals surface area contributed by atoms with E-state index in [-0.39, 0.29) is 38.5 Å². The number of benzene rings is 3. The van der Waals surface area contributed by atoms with Crippen molar-refractivity contribution < 1.29 is 42.9 Å². The van der Waals surface area contributed by atoms with Crippen molar-refractivity contribution in [3.8, 4) is 5.75 Å². The molecule has 2 aliphatic rings. The number of ether oxygens (including phenoxy) is 4. The molecular weight excluding hydrogens is 714 g/mol. The van der Waals surface area contributed by atoms with Gasteiger partial charge in [-0.25, -0.2) is 9.59 Å². The van der Waals surface area contributed by atoms with Crippen molar-refractivity contribution in [3.05, 3.63) is 102 Å². The third-order valence-electron chi connectivity index (χ3n) is 9.75. The van der Waals surface area contributed by atoms with Crippen molar-refractivity contribution in [3.63, 3.8) is 0 Å². The topological polar surface area (TPSA) is 150 Å². The van der Waals surface area contributed by atoms with Crippen LogP contribution in [0, 0.1) is 0 Å². The van der Waals surface area contributed by atoms with Gasteiger partial charge in [-0.1, -0.05) is 79.2 Å². The van der Waals surface area contributed by atoms with Gasteiger partial charge in [0.25, 0.3) is 0 Å². The van der Waals surface area contributed by atoms with E-state index >= 15 is 0 Å². The van der Waals surface area contributed by atoms with E-state index in [4.69, 9.17) is 18.9 Å². The molecule has 0 radical (unpaired) electrons. The van der Waals surface area contributed by atoms with E-state index in [1.54, 1.807) is 32.9 Å². The molecule has 1 aliphatic heterocycles. The highest BCUT2D eigenvalue weighted by Gasteiger charge is 2.39. The number of hydrogen-bond donors (Lipinski definition) is 2. The molecule has 12 heteroatoms. The molecule has 1 heterocycles. The van der Waals surface area contributed by atoms with Gasteiger partial charge in [-0.3, -0.25) is 14.4 Å². The Morgan fingerprint density at radius 2 is 1.38 bits per heavy atom. The van der Waals surface area contributed by atoms with Crippen LogP contribution >= 0.6 is 0 Å². The summed E-state index contributed by atoms with van der Waals surface area (Å²) in [6, 6.07) is 23.1. The number of carbonyl (C=O) groups is 5. The number of amides is 3. The molecule has 3 aromatic rings. The Kier molecular flexibility index (Phi) is 15.3. The molecule has 1 saturated heterocycles. The minimum Gasteiger partial charge on any atom is -0.489 e. The van der Waals surface area contributed by atoms with Crippen LogP contribution in [0.4, 0.5) is 4.79 Å². The van der Waals surface area contributed by atoms with Crippen molar-refractivity contribution >= 4 is 29.8 Å². The van der Waals surface area contributed by atoms with Crippen LogP contribution in [0.25, 0.3) is 0 Å². The van der Waals surface area contributed by atoms with Crippen LogP contribution in [0.5, 0.6) is 5.75 Å². The van der Waals surface area contributed by atoms with E-state index in [9.17, 15) is 24.0 Å². The summed E-state index contributed by atoms with van der Waals surface area (Å²) in [6.07, 6.45) is 4.74. The van der Waals surface area contributed by atoms with Gasteiger partial charge < -0.3 is 34.5 Å². The van der Waals surface area contributed by atoms with Gasteiger partial charge in [0.2, 0.25) is 11.8 Å². The van der Waals surface area contributed by atoms with E-state index < -0.39 is 53.6 Å². The average molecular weight is 770 g/mol. The lowest BCUT2D eigenvalue weighted by Gasteiger charge is -2.30.